The third kappa shape index (κ3) is 4.85. The minimum Gasteiger partial charge on any atom is -0.319 e. The molecule has 118 valence electrons. The molecule has 1 heteroatoms. The highest BCUT2D eigenvalue weighted by Gasteiger charge is 2.23. The molecular weight excluding hydrogens is 254 g/mol. The van der Waals surface area contributed by atoms with Gasteiger partial charge in [0.25, 0.3) is 0 Å². The summed E-state index contributed by atoms with van der Waals surface area (Å²) in [6, 6.07) is 9.39. The monoisotopic (exact) mass is 287 g/mol. The van der Waals surface area contributed by atoms with Gasteiger partial charge in [-0.3, -0.25) is 0 Å². The molecule has 0 spiro atoms. The number of rotatable bonds is 4. The Balaban J connectivity index is 2.04. The number of benzene rings is 1. The summed E-state index contributed by atoms with van der Waals surface area (Å²) in [5.41, 5.74) is 3.23. The van der Waals surface area contributed by atoms with Gasteiger partial charge in [-0.2, -0.15) is 0 Å². The van der Waals surface area contributed by atoms with Gasteiger partial charge in [0.15, 0.2) is 0 Å². The molecule has 1 saturated carbocycles. The van der Waals surface area contributed by atoms with Gasteiger partial charge in [0.05, 0.1) is 0 Å². The van der Waals surface area contributed by atoms with Gasteiger partial charge >= 0.3 is 0 Å². The zero-order chi connectivity index (χ0) is 15.3. The van der Waals surface area contributed by atoms with E-state index in [1.54, 1.807) is 0 Å². The van der Waals surface area contributed by atoms with Crippen molar-refractivity contribution in [3.63, 3.8) is 0 Å². The molecule has 0 radical (unpaired) electrons. The lowest BCUT2D eigenvalue weighted by atomic mass is 9.82. The summed E-state index contributed by atoms with van der Waals surface area (Å²) in [6.07, 6.45) is 8.35. The van der Waals surface area contributed by atoms with Gasteiger partial charge in [-0.1, -0.05) is 64.3 Å². The number of hydrogen-bond donors (Lipinski definition) is 1. The molecule has 21 heavy (non-hydrogen) atoms. The quantitative estimate of drug-likeness (QED) is 0.773. The largest absolute Gasteiger partial charge is 0.319 e. The van der Waals surface area contributed by atoms with E-state index >= 15 is 0 Å². The second kappa shape index (κ2) is 7.45. The van der Waals surface area contributed by atoms with Gasteiger partial charge < -0.3 is 5.32 Å². The van der Waals surface area contributed by atoms with E-state index in [1.165, 1.54) is 56.2 Å². The van der Waals surface area contributed by atoms with Crippen molar-refractivity contribution in [2.24, 2.45) is 11.8 Å². The average molecular weight is 287 g/mol. The Morgan fingerprint density at radius 1 is 0.952 bits per heavy atom. The molecule has 0 amide bonds. The van der Waals surface area contributed by atoms with Crippen molar-refractivity contribution in [3.8, 4) is 0 Å². The fourth-order valence-corrected chi connectivity index (χ4v) is 3.70. The Kier molecular flexibility index (Phi) is 5.87. The first-order chi connectivity index (χ1) is 10.0. The first kappa shape index (κ1) is 16.5. The van der Waals surface area contributed by atoms with Crippen LogP contribution in [0.5, 0.6) is 0 Å². The van der Waals surface area contributed by atoms with Crippen molar-refractivity contribution in [3.05, 3.63) is 35.4 Å². The highest BCUT2D eigenvalue weighted by Crippen LogP contribution is 2.31. The average Bonchev–Trinajstić information content (AvgIpc) is 2.65. The third-order valence-electron chi connectivity index (χ3n) is 5.10. The Bertz CT molecular complexity index is 412. The fraction of sp³-hybridized carbons (Fsp3) is 0.700. The standard InChI is InChI=1S/C20H33N/c1-20(2,3)19-12-10-16(11-13-19)14-17-8-6-5-7-9-18(17)15-21-4/h10-13,17-18,21H,5-9,14-15H2,1-4H3. The summed E-state index contributed by atoms with van der Waals surface area (Å²) < 4.78 is 0. The summed E-state index contributed by atoms with van der Waals surface area (Å²) in [5, 5.41) is 3.41. The minimum atomic E-state index is 0.259. The van der Waals surface area contributed by atoms with Crippen LogP contribution >= 0.6 is 0 Å². The molecule has 1 aliphatic carbocycles. The van der Waals surface area contributed by atoms with Gasteiger partial charge in [0.1, 0.15) is 0 Å². The molecule has 0 bridgehead atoms. The Morgan fingerprint density at radius 2 is 1.57 bits per heavy atom. The van der Waals surface area contributed by atoms with Crippen molar-refractivity contribution in [1.82, 2.24) is 5.32 Å². The highest BCUT2D eigenvalue weighted by atomic mass is 14.8. The summed E-state index contributed by atoms with van der Waals surface area (Å²) in [6.45, 7) is 8.05. The maximum Gasteiger partial charge on any atom is -0.00208 e. The molecule has 0 aromatic heterocycles. The van der Waals surface area contributed by atoms with E-state index in [0.29, 0.717) is 0 Å². The van der Waals surface area contributed by atoms with Crippen molar-refractivity contribution < 1.29 is 0 Å². The normalized spacial score (nSPS) is 23.8. The molecule has 0 saturated heterocycles. The maximum absolute atomic E-state index is 3.41. The zero-order valence-corrected chi connectivity index (χ0v) is 14.4. The van der Waals surface area contributed by atoms with Gasteiger partial charge in [-0.25, -0.2) is 0 Å². The van der Waals surface area contributed by atoms with Crippen LogP contribution in [0.25, 0.3) is 0 Å². The van der Waals surface area contributed by atoms with E-state index in [0.717, 1.165) is 11.8 Å². The van der Waals surface area contributed by atoms with Crippen LogP contribution in [0, 0.1) is 11.8 Å². The van der Waals surface area contributed by atoms with Crippen LogP contribution < -0.4 is 5.32 Å². The maximum atomic E-state index is 3.41. The lowest BCUT2D eigenvalue weighted by Crippen LogP contribution is -2.26. The third-order valence-corrected chi connectivity index (χ3v) is 5.10. The van der Waals surface area contributed by atoms with E-state index < -0.39 is 0 Å². The second-order valence-corrected chi connectivity index (χ2v) is 7.87. The molecule has 2 atom stereocenters. The molecule has 1 nitrogen and oxygen atoms in total. The SMILES string of the molecule is CNCC1CCCCCC1Cc1ccc(C(C)(C)C)cc1. The van der Waals surface area contributed by atoms with Crippen LogP contribution in [0.1, 0.15) is 64.0 Å². The van der Waals surface area contributed by atoms with E-state index in [4.69, 9.17) is 0 Å². The lowest BCUT2D eigenvalue weighted by molar-refractivity contribution is 0.304. The Hall–Kier alpha value is -0.820. The van der Waals surface area contributed by atoms with Gasteiger partial charge in [-0.15, -0.1) is 0 Å². The topological polar surface area (TPSA) is 12.0 Å². The summed E-state index contributed by atoms with van der Waals surface area (Å²) >= 11 is 0. The molecule has 2 rings (SSSR count). The molecular formula is C20H33N. The zero-order valence-electron chi connectivity index (χ0n) is 14.4. The molecule has 1 aliphatic rings. The number of hydrogen-bond acceptors (Lipinski definition) is 1. The van der Waals surface area contributed by atoms with Gasteiger partial charge in [0, 0.05) is 0 Å². The van der Waals surface area contributed by atoms with Crippen molar-refractivity contribution in [1.29, 1.82) is 0 Å². The summed E-state index contributed by atoms with van der Waals surface area (Å²) in [7, 11) is 2.10. The van der Waals surface area contributed by atoms with Gasteiger partial charge in [0.2, 0.25) is 0 Å². The highest BCUT2D eigenvalue weighted by molar-refractivity contribution is 5.27. The molecule has 1 fully saturated rings. The van der Waals surface area contributed by atoms with Crippen LogP contribution in [0.15, 0.2) is 24.3 Å². The lowest BCUT2D eigenvalue weighted by Gasteiger charge is -2.25. The molecule has 2 unspecified atom stereocenters. The number of nitrogens with one attached hydrogen (secondary N) is 1. The first-order valence-electron chi connectivity index (χ1n) is 8.74. The van der Waals surface area contributed by atoms with Crippen LogP contribution in [0.4, 0.5) is 0 Å². The van der Waals surface area contributed by atoms with Crippen LogP contribution in [-0.4, -0.2) is 13.6 Å². The fourth-order valence-electron chi connectivity index (χ4n) is 3.70. The van der Waals surface area contributed by atoms with E-state index in [1.807, 2.05) is 0 Å². The second-order valence-electron chi connectivity index (χ2n) is 7.87. The molecule has 1 aromatic rings. The smallest absolute Gasteiger partial charge is 0.00208 e. The summed E-state index contributed by atoms with van der Waals surface area (Å²) in [5.74, 6) is 1.72. The van der Waals surface area contributed by atoms with E-state index in [-0.39, 0.29) is 5.41 Å². The van der Waals surface area contributed by atoms with Crippen LogP contribution in [0.2, 0.25) is 0 Å². The first-order valence-corrected chi connectivity index (χ1v) is 8.74. The van der Waals surface area contributed by atoms with Crippen LogP contribution in [0.3, 0.4) is 0 Å². The van der Waals surface area contributed by atoms with Crippen LogP contribution in [-0.2, 0) is 11.8 Å². The van der Waals surface area contributed by atoms with Crippen molar-refractivity contribution in [2.45, 2.75) is 64.7 Å². The van der Waals surface area contributed by atoms with Gasteiger partial charge in [-0.05, 0) is 61.2 Å². The molecule has 1 N–H and O–H groups in total. The molecule has 0 heterocycles. The van der Waals surface area contributed by atoms with E-state index in [9.17, 15) is 0 Å². The Morgan fingerprint density at radius 3 is 2.14 bits per heavy atom. The van der Waals surface area contributed by atoms with E-state index in [2.05, 4.69) is 57.4 Å². The predicted octanol–water partition coefficient (Wildman–Crippen LogP) is 4.94. The predicted molar refractivity (Wildman–Crippen MR) is 92.8 cm³/mol. The van der Waals surface area contributed by atoms with Crippen molar-refractivity contribution >= 4 is 0 Å². The molecule has 0 aliphatic heterocycles. The van der Waals surface area contributed by atoms with Crippen molar-refractivity contribution in [2.75, 3.05) is 13.6 Å². The minimum absolute atomic E-state index is 0.259. The molecule has 1 aromatic carbocycles. The Labute approximate surface area is 131 Å². The summed E-state index contributed by atoms with van der Waals surface area (Å²) in [4.78, 5) is 0.